The second-order valence-corrected chi connectivity index (χ2v) is 8.94. The number of carbonyl (C=O) groups is 1. The minimum Gasteiger partial charge on any atom is -0.507 e. The number of unbranched alkanes of at least 4 members (excludes halogenated alkanes) is 3. The first kappa shape index (κ1) is 25.6. The number of amides is 1. The second-order valence-electron chi connectivity index (χ2n) is 8.94. The van der Waals surface area contributed by atoms with Gasteiger partial charge >= 0.3 is 0 Å². The number of para-hydroxylation sites is 1. The van der Waals surface area contributed by atoms with E-state index in [-0.39, 0.29) is 11.7 Å². The lowest BCUT2D eigenvalue weighted by molar-refractivity contribution is 0.0723. The molecule has 4 rings (SSSR count). The molecule has 2 heterocycles. The van der Waals surface area contributed by atoms with Crippen LogP contribution in [0.3, 0.4) is 0 Å². The summed E-state index contributed by atoms with van der Waals surface area (Å²) in [6, 6.07) is 12.4. The van der Waals surface area contributed by atoms with Crippen LogP contribution in [0.15, 0.2) is 42.5 Å². The molecule has 8 heteroatoms. The average molecular weight is 494 g/mol. The maximum absolute atomic E-state index is 13.4. The normalized spacial score (nSPS) is 14.8. The van der Waals surface area contributed by atoms with Crippen LogP contribution < -0.4 is 9.47 Å². The molecule has 8 nitrogen and oxygen atoms in total. The number of nitrogens with one attached hydrogen (secondary N) is 1. The van der Waals surface area contributed by atoms with E-state index in [4.69, 9.17) is 14.2 Å². The van der Waals surface area contributed by atoms with Gasteiger partial charge < -0.3 is 24.2 Å². The fourth-order valence-corrected chi connectivity index (χ4v) is 4.72. The fourth-order valence-electron chi connectivity index (χ4n) is 4.72. The number of aromatic nitrogens is 2. The van der Waals surface area contributed by atoms with Crippen LogP contribution in [0.1, 0.15) is 66.7 Å². The number of phenolic OH excluding ortho intramolecular Hbond substituents is 1. The van der Waals surface area contributed by atoms with Crippen LogP contribution in [0.25, 0.3) is 11.3 Å². The van der Waals surface area contributed by atoms with Gasteiger partial charge in [-0.15, -0.1) is 0 Å². The third-order valence-corrected chi connectivity index (χ3v) is 6.53. The van der Waals surface area contributed by atoms with E-state index in [0.29, 0.717) is 54.6 Å². The Bertz CT molecular complexity index is 1180. The number of methoxy groups -OCH3 is 2. The standard InChI is InChI=1S/C28H35N3O5/c1-4-5-6-9-17-36-22-14-13-19(18-23(22)35-3)27-24-25(20-11-7-8-12-21(20)32)29-30-26(24)28(33)31(27)15-10-16-34-2/h7-8,11-14,18,27,32H,4-6,9-10,15-17H2,1-3H3,(H,29,30)/t27-/m0/s1. The number of benzene rings is 2. The molecule has 2 aromatic carbocycles. The first-order valence-electron chi connectivity index (χ1n) is 12.6. The van der Waals surface area contributed by atoms with Gasteiger partial charge in [-0.2, -0.15) is 5.10 Å². The Morgan fingerprint density at radius 1 is 1.03 bits per heavy atom. The summed E-state index contributed by atoms with van der Waals surface area (Å²) in [6.45, 7) is 3.87. The third kappa shape index (κ3) is 5.18. The molecule has 1 aliphatic rings. The number of H-pyrrole nitrogens is 1. The van der Waals surface area contributed by atoms with Crippen LogP contribution in [0.4, 0.5) is 0 Å². The van der Waals surface area contributed by atoms with E-state index >= 15 is 0 Å². The minimum absolute atomic E-state index is 0.111. The number of hydrogen-bond acceptors (Lipinski definition) is 6. The summed E-state index contributed by atoms with van der Waals surface area (Å²) in [7, 11) is 3.27. The highest BCUT2D eigenvalue weighted by Gasteiger charge is 2.42. The molecule has 0 aliphatic carbocycles. The van der Waals surface area contributed by atoms with Gasteiger partial charge in [0.1, 0.15) is 17.1 Å². The zero-order valence-electron chi connectivity index (χ0n) is 21.3. The lowest BCUT2D eigenvalue weighted by Gasteiger charge is -2.27. The van der Waals surface area contributed by atoms with Crippen molar-refractivity contribution in [2.75, 3.05) is 34.0 Å². The van der Waals surface area contributed by atoms with E-state index in [0.717, 1.165) is 24.0 Å². The van der Waals surface area contributed by atoms with Crippen molar-refractivity contribution in [2.24, 2.45) is 0 Å². The first-order chi connectivity index (χ1) is 17.6. The number of hydrogen-bond donors (Lipinski definition) is 2. The largest absolute Gasteiger partial charge is 0.507 e. The maximum Gasteiger partial charge on any atom is 0.273 e. The van der Waals surface area contributed by atoms with Crippen LogP contribution in [-0.4, -0.2) is 60.1 Å². The van der Waals surface area contributed by atoms with Crippen LogP contribution in [0, 0.1) is 0 Å². The highest BCUT2D eigenvalue weighted by molar-refractivity contribution is 6.00. The molecule has 0 radical (unpaired) electrons. The summed E-state index contributed by atoms with van der Waals surface area (Å²) < 4.78 is 16.9. The quantitative estimate of drug-likeness (QED) is 0.312. The van der Waals surface area contributed by atoms with Gasteiger partial charge in [-0.05, 0) is 42.7 Å². The lowest BCUT2D eigenvalue weighted by Crippen LogP contribution is -2.31. The van der Waals surface area contributed by atoms with E-state index in [1.54, 1.807) is 32.4 Å². The van der Waals surface area contributed by atoms with E-state index < -0.39 is 6.04 Å². The number of rotatable bonds is 13. The van der Waals surface area contributed by atoms with Crippen LogP contribution in [0.2, 0.25) is 0 Å². The number of nitrogens with zero attached hydrogens (tertiary/aromatic N) is 2. The summed E-state index contributed by atoms with van der Waals surface area (Å²) in [5, 5.41) is 17.9. The Morgan fingerprint density at radius 3 is 2.61 bits per heavy atom. The molecule has 0 bridgehead atoms. The molecule has 0 fully saturated rings. The fraction of sp³-hybridized carbons (Fsp3) is 0.429. The molecular formula is C28H35N3O5. The smallest absolute Gasteiger partial charge is 0.273 e. The monoisotopic (exact) mass is 493 g/mol. The van der Waals surface area contributed by atoms with Gasteiger partial charge in [-0.1, -0.05) is 44.4 Å². The summed E-state index contributed by atoms with van der Waals surface area (Å²) in [4.78, 5) is 15.3. The highest BCUT2D eigenvalue weighted by Crippen LogP contribution is 2.45. The average Bonchev–Trinajstić information content (AvgIpc) is 3.43. The summed E-state index contributed by atoms with van der Waals surface area (Å²) in [5.41, 5.74) is 3.20. The van der Waals surface area contributed by atoms with Crippen molar-refractivity contribution in [1.82, 2.24) is 15.1 Å². The molecular weight excluding hydrogens is 458 g/mol. The predicted molar refractivity (Wildman–Crippen MR) is 138 cm³/mol. The Balaban J connectivity index is 1.71. The van der Waals surface area contributed by atoms with Crippen LogP contribution in [0.5, 0.6) is 17.2 Å². The molecule has 0 saturated heterocycles. The molecule has 1 aliphatic heterocycles. The van der Waals surface area contributed by atoms with Crippen molar-refractivity contribution in [3.63, 3.8) is 0 Å². The van der Waals surface area contributed by atoms with E-state index in [9.17, 15) is 9.90 Å². The van der Waals surface area contributed by atoms with Gasteiger partial charge in [-0.25, -0.2) is 0 Å². The van der Waals surface area contributed by atoms with Crippen molar-refractivity contribution in [3.05, 3.63) is 59.3 Å². The Hall–Kier alpha value is -3.52. The third-order valence-electron chi connectivity index (χ3n) is 6.53. The molecule has 3 aromatic rings. The molecule has 2 N–H and O–H groups in total. The van der Waals surface area contributed by atoms with E-state index in [1.807, 2.05) is 29.2 Å². The summed E-state index contributed by atoms with van der Waals surface area (Å²) >= 11 is 0. The Morgan fingerprint density at radius 2 is 1.86 bits per heavy atom. The summed E-state index contributed by atoms with van der Waals surface area (Å²) in [5.74, 6) is 1.28. The number of carbonyl (C=O) groups excluding carboxylic acids is 1. The first-order valence-corrected chi connectivity index (χ1v) is 12.6. The van der Waals surface area contributed by atoms with Gasteiger partial charge in [0.2, 0.25) is 0 Å². The number of ether oxygens (including phenoxy) is 3. The predicted octanol–water partition coefficient (Wildman–Crippen LogP) is 5.33. The number of phenols is 1. The molecule has 0 unspecified atom stereocenters. The van der Waals surface area contributed by atoms with Crippen molar-refractivity contribution in [1.29, 1.82) is 0 Å². The van der Waals surface area contributed by atoms with Crippen molar-refractivity contribution >= 4 is 5.91 Å². The van der Waals surface area contributed by atoms with Gasteiger partial charge in [0, 0.05) is 31.4 Å². The zero-order chi connectivity index (χ0) is 25.5. The van der Waals surface area contributed by atoms with Gasteiger partial charge in [0.25, 0.3) is 5.91 Å². The lowest BCUT2D eigenvalue weighted by atomic mass is 9.95. The summed E-state index contributed by atoms with van der Waals surface area (Å²) in [6.07, 6.45) is 5.19. The van der Waals surface area contributed by atoms with E-state index in [2.05, 4.69) is 17.1 Å². The molecule has 0 spiro atoms. The Labute approximate surface area is 212 Å². The van der Waals surface area contributed by atoms with Gasteiger partial charge in [0.15, 0.2) is 11.5 Å². The zero-order valence-corrected chi connectivity index (χ0v) is 21.3. The molecule has 1 amide bonds. The Kier molecular flexibility index (Phi) is 8.48. The highest BCUT2D eigenvalue weighted by atomic mass is 16.5. The maximum atomic E-state index is 13.4. The second kappa shape index (κ2) is 11.9. The van der Waals surface area contributed by atoms with Crippen LogP contribution >= 0.6 is 0 Å². The number of aromatic amines is 1. The van der Waals surface area contributed by atoms with Crippen molar-refractivity contribution in [3.8, 4) is 28.5 Å². The molecule has 192 valence electrons. The number of aromatic hydroxyl groups is 1. The molecule has 0 saturated carbocycles. The van der Waals surface area contributed by atoms with Crippen molar-refractivity contribution < 1.29 is 24.1 Å². The topological polar surface area (TPSA) is 96.9 Å². The minimum atomic E-state index is -0.398. The van der Waals surface area contributed by atoms with Crippen molar-refractivity contribution in [2.45, 2.75) is 45.1 Å². The molecule has 1 atom stereocenters. The van der Waals surface area contributed by atoms with E-state index in [1.165, 1.54) is 12.8 Å². The van der Waals surface area contributed by atoms with Gasteiger partial charge in [-0.3, -0.25) is 9.89 Å². The SMILES string of the molecule is CCCCCCOc1ccc([C@H]2c3c(-c4ccccc4O)n[nH]c3C(=O)N2CCCOC)cc1OC. The molecule has 36 heavy (non-hydrogen) atoms. The van der Waals surface area contributed by atoms with Gasteiger partial charge in [0.05, 0.1) is 19.8 Å². The molecule has 1 aromatic heterocycles. The van der Waals surface area contributed by atoms with Crippen LogP contribution in [-0.2, 0) is 4.74 Å². The number of fused-ring (bicyclic) bond motifs is 1.